The van der Waals surface area contributed by atoms with Crippen molar-refractivity contribution in [2.45, 2.75) is 58.0 Å². The number of carbonyl (C=O) groups is 1. The largest absolute Gasteiger partial charge is 0.351 e. The van der Waals surface area contributed by atoms with Crippen LogP contribution in [-0.2, 0) is 17.8 Å². The number of amides is 1. The molecule has 120 valence electrons. The van der Waals surface area contributed by atoms with E-state index in [9.17, 15) is 4.79 Å². The molecule has 2 aliphatic rings. The van der Waals surface area contributed by atoms with Gasteiger partial charge in [0.1, 0.15) is 6.54 Å². The third kappa shape index (κ3) is 3.70. The van der Waals surface area contributed by atoms with E-state index >= 15 is 0 Å². The van der Waals surface area contributed by atoms with Crippen LogP contribution in [0.1, 0.15) is 50.2 Å². The van der Waals surface area contributed by atoms with Crippen LogP contribution in [-0.4, -0.2) is 25.0 Å². The number of benzene rings is 1. The second-order valence-electron chi connectivity index (χ2n) is 7.07. The highest BCUT2D eigenvalue weighted by Gasteiger charge is 2.29. The first kappa shape index (κ1) is 15.5. The predicted octanol–water partition coefficient (Wildman–Crippen LogP) is 1.71. The minimum absolute atomic E-state index is 0.0527. The zero-order chi connectivity index (χ0) is 15.4. The molecule has 0 saturated heterocycles. The second kappa shape index (κ2) is 7.28. The van der Waals surface area contributed by atoms with Gasteiger partial charge in [0.2, 0.25) is 0 Å². The number of hydrogen-bond donors (Lipinski definition) is 2. The Morgan fingerprint density at radius 1 is 1.23 bits per heavy atom. The van der Waals surface area contributed by atoms with E-state index in [1.54, 1.807) is 0 Å². The van der Waals surface area contributed by atoms with Gasteiger partial charge in [-0.2, -0.15) is 0 Å². The third-order valence-corrected chi connectivity index (χ3v) is 5.55. The topological polar surface area (TPSA) is 33.5 Å². The lowest BCUT2D eigenvalue weighted by atomic mass is 9.89. The van der Waals surface area contributed by atoms with Gasteiger partial charge in [0.15, 0.2) is 6.04 Å². The van der Waals surface area contributed by atoms with E-state index in [4.69, 9.17) is 0 Å². The summed E-state index contributed by atoms with van der Waals surface area (Å²) in [6.45, 7) is 5.01. The van der Waals surface area contributed by atoms with Gasteiger partial charge in [0, 0.05) is 18.5 Å². The van der Waals surface area contributed by atoms with Crippen molar-refractivity contribution in [2.75, 3.05) is 13.1 Å². The molecule has 1 unspecified atom stereocenters. The minimum atomic E-state index is 0.0527. The Bertz CT molecular complexity index is 508. The lowest BCUT2D eigenvalue weighted by molar-refractivity contribution is -0.929. The lowest BCUT2D eigenvalue weighted by Crippen LogP contribution is -3.16. The van der Waals surface area contributed by atoms with Crippen LogP contribution < -0.4 is 10.2 Å². The highest BCUT2D eigenvalue weighted by atomic mass is 16.2. The van der Waals surface area contributed by atoms with Crippen molar-refractivity contribution in [3.8, 4) is 0 Å². The monoisotopic (exact) mass is 301 g/mol. The molecule has 1 aromatic carbocycles. The molecule has 1 heterocycles. The van der Waals surface area contributed by atoms with Gasteiger partial charge in [0.05, 0.1) is 6.54 Å². The van der Waals surface area contributed by atoms with Crippen LogP contribution in [0, 0.1) is 5.92 Å². The molecule has 2 atom stereocenters. The number of rotatable bonds is 4. The van der Waals surface area contributed by atoms with E-state index in [-0.39, 0.29) is 11.9 Å². The molecule has 1 aliphatic carbocycles. The molecule has 3 nitrogen and oxygen atoms in total. The van der Waals surface area contributed by atoms with Gasteiger partial charge < -0.3 is 10.2 Å². The molecule has 0 radical (unpaired) electrons. The Morgan fingerprint density at radius 3 is 2.73 bits per heavy atom. The lowest BCUT2D eigenvalue weighted by Gasteiger charge is -2.30. The number of carbonyl (C=O) groups excluding carboxylic acids is 1. The molecular weight excluding hydrogens is 272 g/mol. The fraction of sp³-hybridized carbons (Fsp3) is 0.632. The highest BCUT2D eigenvalue weighted by molar-refractivity contribution is 5.79. The Hall–Kier alpha value is -1.35. The van der Waals surface area contributed by atoms with E-state index < -0.39 is 0 Å². The SMILES string of the molecule is C[C@@H](C(=O)NCC1CCCCC1)[NH+]1CCc2ccccc2C1. The van der Waals surface area contributed by atoms with E-state index in [0.717, 1.165) is 26.1 Å². The summed E-state index contributed by atoms with van der Waals surface area (Å²) in [6, 6.07) is 8.71. The van der Waals surface area contributed by atoms with Crippen molar-refractivity contribution in [3.05, 3.63) is 35.4 Å². The maximum Gasteiger partial charge on any atom is 0.278 e. The molecule has 1 saturated carbocycles. The zero-order valence-corrected chi connectivity index (χ0v) is 13.7. The molecule has 3 rings (SSSR count). The highest BCUT2D eigenvalue weighted by Crippen LogP contribution is 2.22. The average molecular weight is 301 g/mol. The maximum absolute atomic E-state index is 12.5. The van der Waals surface area contributed by atoms with Crippen molar-refractivity contribution in [3.63, 3.8) is 0 Å². The maximum atomic E-state index is 12.5. The van der Waals surface area contributed by atoms with E-state index in [2.05, 4.69) is 36.5 Å². The van der Waals surface area contributed by atoms with Gasteiger partial charge >= 0.3 is 0 Å². The minimum Gasteiger partial charge on any atom is -0.351 e. The van der Waals surface area contributed by atoms with Gasteiger partial charge in [-0.15, -0.1) is 0 Å². The first-order chi connectivity index (χ1) is 10.7. The molecule has 3 heteroatoms. The predicted molar refractivity (Wildman–Crippen MR) is 88.7 cm³/mol. The molecule has 1 aromatic rings. The van der Waals surface area contributed by atoms with Crippen LogP contribution in [0.25, 0.3) is 0 Å². The standard InChI is InChI=1S/C19H28N2O/c1-15(19(22)20-13-16-7-3-2-4-8-16)21-12-11-17-9-5-6-10-18(17)14-21/h5-6,9-10,15-16H,2-4,7-8,11-14H2,1H3,(H,20,22)/p+1/t15-/m0/s1. The van der Waals surface area contributed by atoms with E-state index in [1.807, 2.05) is 0 Å². The molecule has 1 fully saturated rings. The summed E-state index contributed by atoms with van der Waals surface area (Å²) < 4.78 is 0. The molecule has 1 amide bonds. The molecule has 0 aromatic heterocycles. The van der Waals surface area contributed by atoms with Crippen molar-refractivity contribution >= 4 is 5.91 Å². The van der Waals surface area contributed by atoms with Gasteiger partial charge in [-0.05, 0) is 31.2 Å². The fourth-order valence-electron chi connectivity index (χ4n) is 3.95. The van der Waals surface area contributed by atoms with Crippen LogP contribution >= 0.6 is 0 Å². The quantitative estimate of drug-likeness (QED) is 0.872. The Labute approximate surface area is 134 Å². The average Bonchev–Trinajstić information content (AvgIpc) is 2.59. The first-order valence-electron chi connectivity index (χ1n) is 8.93. The van der Waals surface area contributed by atoms with Gasteiger partial charge in [-0.25, -0.2) is 0 Å². The van der Waals surface area contributed by atoms with Crippen LogP contribution in [0.4, 0.5) is 0 Å². The number of fused-ring (bicyclic) bond motifs is 1. The van der Waals surface area contributed by atoms with Crippen LogP contribution in [0.5, 0.6) is 0 Å². The fourth-order valence-corrected chi connectivity index (χ4v) is 3.95. The summed E-state index contributed by atoms with van der Waals surface area (Å²) in [6.07, 6.45) is 7.72. The summed E-state index contributed by atoms with van der Waals surface area (Å²) in [5.41, 5.74) is 2.87. The molecule has 0 spiro atoms. The van der Waals surface area contributed by atoms with E-state index in [0.29, 0.717) is 5.92 Å². The van der Waals surface area contributed by atoms with Crippen molar-refractivity contribution in [1.82, 2.24) is 5.32 Å². The first-order valence-corrected chi connectivity index (χ1v) is 8.93. The Morgan fingerprint density at radius 2 is 1.95 bits per heavy atom. The van der Waals surface area contributed by atoms with Crippen LogP contribution in [0.15, 0.2) is 24.3 Å². The van der Waals surface area contributed by atoms with Crippen LogP contribution in [0.2, 0.25) is 0 Å². The Kier molecular flexibility index (Phi) is 5.14. The van der Waals surface area contributed by atoms with Gasteiger partial charge in [0.25, 0.3) is 5.91 Å². The second-order valence-corrected chi connectivity index (χ2v) is 7.07. The third-order valence-electron chi connectivity index (χ3n) is 5.55. The van der Waals surface area contributed by atoms with Gasteiger partial charge in [-0.3, -0.25) is 4.79 Å². The summed E-state index contributed by atoms with van der Waals surface area (Å²) in [5, 5.41) is 3.21. The summed E-state index contributed by atoms with van der Waals surface area (Å²) >= 11 is 0. The molecular formula is C19H29N2O+. The summed E-state index contributed by atoms with van der Waals surface area (Å²) in [5.74, 6) is 0.946. The molecule has 2 N–H and O–H groups in total. The van der Waals surface area contributed by atoms with Gasteiger partial charge in [-0.1, -0.05) is 43.5 Å². The molecule has 22 heavy (non-hydrogen) atoms. The zero-order valence-electron chi connectivity index (χ0n) is 13.7. The van der Waals surface area contributed by atoms with Crippen molar-refractivity contribution in [2.24, 2.45) is 5.92 Å². The van der Waals surface area contributed by atoms with Crippen molar-refractivity contribution in [1.29, 1.82) is 0 Å². The summed E-state index contributed by atoms with van der Waals surface area (Å²) in [4.78, 5) is 13.9. The Balaban J connectivity index is 1.50. The molecule has 0 bridgehead atoms. The molecule has 1 aliphatic heterocycles. The normalized spacial score (nSPS) is 23.6. The number of hydrogen-bond acceptors (Lipinski definition) is 1. The smallest absolute Gasteiger partial charge is 0.278 e. The summed E-state index contributed by atoms with van der Waals surface area (Å²) in [7, 11) is 0. The number of nitrogens with one attached hydrogen (secondary N) is 2. The van der Waals surface area contributed by atoms with Crippen LogP contribution in [0.3, 0.4) is 0 Å². The van der Waals surface area contributed by atoms with Crippen molar-refractivity contribution < 1.29 is 9.69 Å². The number of quaternary nitrogens is 1. The van der Waals surface area contributed by atoms with E-state index in [1.165, 1.54) is 48.1 Å².